The monoisotopic (exact) mass is 413 g/mol. The average molecular weight is 413 g/mol. The molecule has 1 spiro atoms. The number of carbonyl (C=O) groups is 1. The van der Waals surface area contributed by atoms with Crippen LogP contribution >= 0.6 is 0 Å². The second kappa shape index (κ2) is 9.04. The van der Waals surface area contributed by atoms with Crippen molar-refractivity contribution in [1.82, 2.24) is 0 Å². The number of anilines is 1. The molecule has 7 nitrogen and oxygen atoms in total. The topological polar surface area (TPSA) is 66.5 Å². The van der Waals surface area contributed by atoms with E-state index in [-0.39, 0.29) is 12.5 Å². The molecule has 30 heavy (non-hydrogen) atoms. The molecule has 0 aliphatic carbocycles. The van der Waals surface area contributed by atoms with Crippen LogP contribution < -0.4 is 14.4 Å². The molecule has 0 saturated carbocycles. The van der Waals surface area contributed by atoms with Crippen LogP contribution in [0.15, 0.2) is 42.5 Å². The van der Waals surface area contributed by atoms with Crippen molar-refractivity contribution < 1.29 is 28.5 Å². The SMILES string of the molecule is COCCOCCN1C(=O)C2(COc3cc(OCCOC)ccc32)c2ccccc21. The number of carbonyl (C=O) groups excluding carboxylic acids is 1. The molecule has 0 N–H and O–H groups in total. The molecule has 0 aromatic heterocycles. The lowest BCUT2D eigenvalue weighted by atomic mass is 9.77. The summed E-state index contributed by atoms with van der Waals surface area (Å²) in [4.78, 5) is 15.5. The van der Waals surface area contributed by atoms with Crippen molar-refractivity contribution in [3.63, 3.8) is 0 Å². The fourth-order valence-electron chi connectivity index (χ4n) is 4.12. The fourth-order valence-corrected chi connectivity index (χ4v) is 4.12. The maximum Gasteiger partial charge on any atom is 0.245 e. The zero-order valence-corrected chi connectivity index (χ0v) is 17.4. The Morgan fingerprint density at radius 1 is 0.967 bits per heavy atom. The number of fused-ring (bicyclic) bond motifs is 4. The highest BCUT2D eigenvalue weighted by atomic mass is 16.5. The lowest BCUT2D eigenvalue weighted by Crippen LogP contribution is -2.43. The third kappa shape index (κ3) is 3.53. The number of hydrogen-bond donors (Lipinski definition) is 0. The van der Waals surface area contributed by atoms with Gasteiger partial charge in [-0.2, -0.15) is 0 Å². The first-order valence-corrected chi connectivity index (χ1v) is 10.1. The Morgan fingerprint density at radius 2 is 1.77 bits per heavy atom. The van der Waals surface area contributed by atoms with E-state index in [1.807, 2.05) is 47.4 Å². The van der Waals surface area contributed by atoms with E-state index in [4.69, 9.17) is 23.7 Å². The van der Waals surface area contributed by atoms with Gasteiger partial charge in [0.2, 0.25) is 5.91 Å². The van der Waals surface area contributed by atoms with Gasteiger partial charge in [0.25, 0.3) is 0 Å². The van der Waals surface area contributed by atoms with Crippen molar-refractivity contribution in [2.75, 3.05) is 65.3 Å². The summed E-state index contributed by atoms with van der Waals surface area (Å²) in [5, 5.41) is 0. The summed E-state index contributed by atoms with van der Waals surface area (Å²) in [5.74, 6) is 1.40. The summed E-state index contributed by atoms with van der Waals surface area (Å²) in [6.45, 7) is 3.21. The Balaban J connectivity index is 1.60. The maximum atomic E-state index is 13.7. The Morgan fingerprint density at radius 3 is 2.60 bits per heavy atom. The molecule has 2 aliphatic rings. The van der Waals surface area contributed by atoms with Crippen LogP contribution in [0.2, 0.25) is 0 Å². The number of rotatable bonds is 10. The van der Waals surface area contributed by atoms with E-state index in [0.29, 0.717) is 51.1 Å². The molecular formula is C23H27NO6. The van der Waals surface area contributed by atoms with E-state index in [9.17, 15) is 4.79 Å². The summed E-state index contributed by atoms with van der Waals surface area (Å²) >= 11 is 0. The van der Waals surface area contributed by atoms with Crippen LogP contribution in [0.4, 0.5) is 5.69 Å². The average Bonchev–Trinajstić information content (AvgIpc) is 3.26. The van der Waals surface area contributed by atoms with Gasteiger partial charge in [0.15, 0.2) is 0 Å². The van der Waals surface area contributed by atoms with Gasteiger partial charge in [-0.25, -0.2) is 0 Å². The largest absolute Gasteiger partial charge is 0.491 e. The molecule has 2 aromatic rings. The predicted octanol–water partition coefficient (Wildman–Crippen LogP) is 2.40. The van der Waals surface area contributed by atoms with E-state index >= 15 is 0 Å². The Hall–Kier alpha value is -2.61. The second-order valence-electron chi connectivity index (χ2n) is 7.27. The highest BCUT2D eigenvalue weighted by Crippen LogP contribution is 2.52. The molecular weight excluding hydrogens is 386 g/mol. The Labute approximate surface area is 176 Å². The summed E-state index contributed by atoms with van der Waals surface area (Å²) in [5.41, 5.74) is 1.93. The normalized spacial score (nSPS) is 19.1. The zero-order valence-electron chi connectivity index (χ0n) is 17.4. The molecule has 4 rings (SSSR count). The van der Waals surface area contributed by atoms with Gasteiger partial charge in [0, 0.05) is 38.1 Å². The van der Waals surface area contributed by atoms with Crippen LogP contribution in [0.5, 0.6) is 11.5 Å². The maximum absolute atomic E-state index is 13.7. The minimum atomic E-state index is -0.830. The fraction of sp³-hybridized carbons (Fsp3) is 0.435. The van der Waals surface area contributed by atoms with Crippen LogP contribution in [0.3, 0.4) is 0 Å². The van der Waals surface area contributed by atoms with Gasteiger partial charge in [-0.15, -0.1) is 0 Å². The molecule has 0 fully saturated rings. The van der Waals surface area contributed by atoms with E-state index in [2.05, 4.69) is 0 Å². The number of para-hydroxylation sites is 1. The van der Waals surface area contributed by atoms with E-state index < -0.39 is 5.41 Å². The van der Waals surface area contributed by atoms with Crippen molar-refractivity contribution >= 4 is 11.6 Å². The third-order valence-electron chi connectivity index (χ3n) is 5.57. The van der Waals surface area contributed by atoms with Crippen LogP contribution in [-0.2, 0) is 24.4 Å². The van der Waals surface area contributed by atoms with Gasteiger partial charge in [0.1, 0.15) is 30.1 Å². The molecule has 0 saturated heterocycles. The number of methoxy groups -OCH3 is 2. The molecule has 160 valence electrons. The predicted molar refractivity (Wildman–Crippen MR) is 112 cm³/mol. The Bertz CT molecular complexity index is 901. The molecule has 0 radical (unpaired) electrons. The van der Waals surface area contributed by atoms with Crippen molar-refractivity contribution in [2.45, 2.75) is 5.41 Å². The van der Waals surface area contributed by atoms with Gasteiger partial charge in [0.05, 0.1) is 26.4 Å². The minimum absolute atomic E-state index is 0.0193. The number of ether oxygens (including phenoxy) is 5. The van der Waals surface area contributed by atoms with E-state index in [1.54, 1.807) is 14.2 Å². The van der Waals surface area contributed by atoms with Crippen molar-refractivity contribution in [3.05, 3.63) is 53.6 Å². The van der Waals surface area contributed by atoms with Crippen molar-refractivity contribution in [2.24, 2.45) is 0 Å². The first-order valence-electron chi connectivity index (χ1n) is 10.1. The first kappa shape index (κ1) is 20.7. The van der Waals surface area contributed by atoms with Gasteiger partial charge in [-0.3, -0.25) is 4.79 Å². The summed E-state index contributed by atoms with van der Waals surface area (Å²) in [6, 6.07) is 13.6. The van der Waals surface area contributed by atoms with Crippen LogP contribution in [0.1, 0.15) is 11.1 Å². The number of benzene rings is 2. The Kier molecular flexibility index (Phi) is 6.22. The molecule has 2 heterocycles. The standard InChI is InChI=1S/C23H27NO6/c1-26-11-13-28-10-9-24-20-6-4-3-5-18(20)23(22(24)25)16-30-21-15-17(7-8-19(21)23)29-14-12-27-2/h3-8,15H,9-14,16H2,1-2H3. The summed E-state index contributed by atoms with van der Waals surface area (Å²) in [7, 11) is 3.27. The lowest BCUT2D eigenvalue weighted by molar-refractivity contribution is -0.122. The quantitative estimate of drug-likeness (QED) is 0.558. The lowest BCUT2D eigenvalue weighted by Gasteiger charge is -2.23. The number of hydrogen-bond acceptors (Lipinski definition) is 6. The van der Waals surface area contributed by atoms with E-state index in [1.165, 1.54) is 0 Å². The molecule has 0 bridgehead atoms. The van der Waals surface area contributed by atoms with Gasteiger partial charge < -0.3 is 28.6 Å². The van der Waals surface area contributed by atoms with Crippen LogP contribution in [0, 0.1) is 0 Å². The molecule has 1 atom stereocenters. The molecule has 2 aromatic carbocycles. The van der Waals surface area contributed by atoms with Crippen LogP contribution in [-0.4, -0.2) is 66.3 Å². The van der Waals surface area contributed by atoms with E-state index in [0.717, 1.165) is 16.8 Å². The molecule has 1 unspecified atom stereocenters. The van der Waals surface area contributed by atoms with Gasteiger partial charge in [-0.1, -0.05) is 24.3 Å². The number of amides is 1. The van der Waals surface area contributed by atoms with Crippen molar-refractivity contribution in [3.8, 4) is 11.5 Å². The summed E-state index contributed by atoms with van der Waals surface area (Å²) < 4.78 is 27.3. The van der Waals surface area contributed by atoms with Crippen LogP contribution in [0.25, 0.3) is 0 Å². The first-order chi connectivity index (χ1) is 14.7. The number of nitrogens with zero attached hydrogens (tertiary/aromatic N) is 1. The van der Waals surface area contributed by atoms with Gasteiger partial charge >= 0.3 is 0 Å². The molecule has 1 amide bonds. The minimum Gasteiger partial charge on any atom is -0.491 e. The van der Waals surface area contributed by atoms with Gasteiger partial charge in [-0.05, 0) is 17.7 Å². The smallest absolute Gasteiger partial charge is 0.245 e. The van der Waals surface area contributed by atoms with Crippen molar-refractivity contribution in [1.29, 1.82) is 0 Å². The molecule has 7 heteroatoms. The zero-order chi connectivity index (χ0) is 21.0. The highest BCUT2D eigenvalue weighted by Gasteiger charge is 2.56. The second-order valence-corrected chi connectivity index (χ2v) is 7.27. The summed E-state index contributed by atoms with van der Waals surface area (Å²) in [6.07, 6.45) is 0. The molecule has 2 aliphatic heterocycles. The highest BCUT2D eigenvalue weighted by molar-refractivity contribution is 6.11. The third-order valence-corrected chi connectivity index (χ3v) is 5.57.